The predicted octanol–water partition coefficient (Wildman–Crippen LogP) is 3.19. The van der Waals surface area contributed by atoms with E-state index in [9.17, 15) is 19.5 Å². The minimum Gasteiger partial charge on any atom is -0.508 e. The van der Waals surface area contributed by atoms with Gasteiger partial charge in [-0.3, -0.25) is 9.59 Å². The Labute approximate surface area is 191 Å². The highest BCUT2D eigenvalue weighted by molar-refractivity contribution is 5.95. The molecular formula is C26H24N2O5. The second kappa shape index (κ2) is 9.56. The number of carbonyl (C=O) groups excluding carboxylic acids is 3. The van der Waals surface area contributed by atoms with Crippen LogP contribution in [0, 0.1) is 0 Å². The lowest BCUT2D eigenvalue weighted by Gasteiger charge is -2.42. The Morgan fingerprint density at radius 1 is 1.03 bits per heavy atom. The molecule has 33 heavy (non-hydrogen) atoms. The average Bonchev–Trinajstić information content (AvgIpc) is 3.42. The Balaban J connectivity index is 0.000000367. The summed E-state index contributed by atoms with van der Waals surface area (Å²) in [6, 6.07) is 22.2. The number of nitrogens with one attached hydrogen (secondary N) is 1. The highest BCUT2D eigenvalue weighted by atomic mass is 16.5. The molecule has 168 valence electrons. The number of hydrogen-bond acceptors (Lipinski definition) is 5. The van der Waals surface area contributed by atoms with Crippen LogP contribution in [0.15, 0.2) is 78.9 Å². The first-order valence-electron chi connectivity index (χ1n) is 10.6. The number of rotatable bonds is 6. The molecule has 1 heterocycles. The van der Waals surface area contributed by atoms with Crippen molar-refractivity contribution < 1.29 is 24.2 Å². The molecule has 2 aromatic carbocycles. The lowest BCUT2D eigenvalue weighted by atomic mass is 9.98. The number of β-lactam (4-membered cyclic amide) rings is 1. The maximum Gasteiger partial charge on any atom is 0.333 e. The first-order valence-corrected chi connectivity index (χ1v) is 10.6. The molecule has 0 radical (unpaired) electrons. The summed E-state index contributed by atoms with van der Waals surface area (Å²) in [6.45, 7) is 1.64. The van der Waals surface area contributed by atoms with Crippen molar-refractivity contribution in [2.45, 2.75) is 25.6 Å². The molecule has 3 aliphatic rings. The summed E-state index contributed by atoms with van der Waals surface area (Å²) < 4.78 is 5.41. The highest BCUT2D eigenvalue weighted by Gasteiger charge is 2.45. The number of fused-ring (bicyclic) bond motifs is 1. The van der Waals surface area contributed by atoms with E-state index < -0.39 is 18.1 Å². The van der Waals surface area contributed by atoms with Crippen molar-refractivity contribution in [3.63, 3.8) is 0 Å². The summed E-state index contributed by atoms with van der Waals surface area (Å²) in [4.78, 5) is 37.7. The van der Waals surface area contributed by atoms with Gasteiger partial charge >= 0.3 is 5.97 Å². The Bertz CT molecular complexity index is 1140. The van der Waals surface area contributed by atoms with Crippen LogP contribution in [-0.4, -0.2) is 40.4 Å². The van der Waals surface area contributed by atoms with Gasteiger partial charge in [0.05, 0.1) is 6.54 Å². The van der Waals surface area contributed by atoms with Crippen LogP contribution in [0.1, 0.15) is 24.1 Å². The fourth-order valence-electron chi connectivity index (χ4n) is 3.62. The summed E-state index contributed by atoms with van der Waals surface area (Å²) in [7, 11) is 0. The molecule has 2 aliphatic carbocycles. The normalized spacial score (nSPS) is 16.0. The van der Waals surface area contributed by atoms with Crippen molar-refractivity contribution in [2.75, 3.05) is 6.54 Å². The van der Waals surface area contributed by atoms with Gasteiger partial charge in [0, 0.05) is 6.92 Å². The summed E-state index contributed by atoms with van der Waals surface area (Å²) in [5.74, 6) is -1.17. The van der Waals surface area contributed by atoms with Gasteiger partial charge in [-0.1, -0.05) is 60.7 Å². The molecule has 2 atom stereocenters. The molecular weight excluding hydrogens is 420 g/mol. The van der Waals surface area contributed by atoms with E-state index in [4.69, 9.17) is 4.74 Å². The molecule has 0 spiro atoms. The summed E-state index contributed by atoms with van der Waals surface area (Å²) in [5, 5.41) is 12.0. The molecule has 5 rings (SSSR count). The number of aromatic hydroxyl groups is 1. The van der Waals surface area contributed by atoms with Crippen molar-refractivity contribution in [1.29, 1.82) is 0 Å². The lowest BCUT2D eigenvalue weighted by molar-refractivity contribution is -0.164. The third-order valence-electron chi connectivity index (χ3n) is 5.42. The zero-order valence-electron chi connectivity index (χ0n) is 18.1. The molecule has 1 fully saturated rings. The second-order valence-electron chi connectivity index (χ2n) is 7.91. The predicted molar refractivity (Wildman–Crippen MR) is 122 cm³/mol. The molecule has 0 saturated carbocycles. The zero-order chi connectivity index (χ0) is 23.4. The zero-order valence-corrected chi connectivity index (χ0v) is 18.1. The molecule has 2 amide bonds. The van der Waals surface area contributed by atoms with Crippen LogP contribution < -0.4 is 5.32 Å². The first kappa shape index (κ1) is 22.1. The summed E-state index contributed by atoms with van der Waals surface area (Å²) in [6.07, 6.45) is 0. The monoisotopic (exact) mass is 444 g/mol. The number of phenols is 1. The van der Waals surface area contributed by atoms with Crippen LogP contribution in [-0.2, 0) is 25.7 Å². The van der Waals surface area contributed by atoms with E-state index in [0.29, 0.717) is 5.56 Å². The first-order chi connectivity index (χ1) is 15.9. The molecule has 2 aromatic rings. The average molecular weight is 444 g/mol. The van der Waals surface area contributed by atoms with Gasteiger partial charge in [-0.05, 0) is 40.5 Å². The number of amides is 2. The maximum atomic E-state index is 12.7. The topological polar surface area (TPSA) is 95.9 Å². The van der Waals surface area contributed by atoms with Crippen LogP contribution in [0.2, 0.25) is 0 Å². The van der Waals surface area contributed by atoms with Crippen molar-refractivity contribution in [3.05, 3.63) is 90.0 Å². The van der Waals surface area contributed by atoms with E-state index >= 15 is 0 Å². The van der Waals surface area contributed by atoms with Crippen molar-refractivity contribution in [2.24, 2.45) is 0 Å². The number of benzene rings is 3. The highest BCUT2D eigenvalue weighted by Crippen LogP contribution is 2.32. The Hall–Kier alpha value is -4.13. The summed E-state index contributed by atoms with van der Waals surface area (Å²) in [5.41, 5.74) is 4.21. The number of hydrogen-bond donors (Lipinski definition) is 2. The Kier molecular flexibility index (Phi) is 6.40. The smallest absolute Gasteiger partial charge is 0.333 e. The Morgan fingerprint density at radius 2 is 1.70 bits per heavy atom. The molecule has 7 heteroatoms. The fraction of sp³-hybridized carbons (Fsp3) is 0.192. The molecule has 2 unspecified atom stereocenters. The third kappa shape index (κ3) is 5.38. The van der Waals surface area contributed by atoms with Gasteiger partial charge in [-0.15, -0.1) is 0 Å². The van der Waals surface area contributed by atoms with Gasteiger partial charge in [0.1, 0.15) is 18.4 Å². The molecule has 1 aliphatic heterocycles. The lowest BCUT2D eigenvalue weighted by Crippen LogP contribution is -2.65. The van der Waals surface area contributed by atoms with Crippen LogP contribution in [0.4, 0.5) is 0 Å². The van der Waals surface area contributed by atoms with E-state index in [-0.39, 0.29) is 30.7 Å². The minimum absolute atomic E-state index is 0.0567. The largest absolute Gasteiger partial charge is 0.508 e. The number of phenolic OH excluding ortho intramolecular Hbond substituents is 1. The number of ether oxygens (including phenoxy) is 1. The van der Waals surface area contributed by atoms with E-state index in [1.165, 1.54) is 35.1 Å². The maximum absolute atomic E-state index is 12.7. The number of esters is 1. The standard InChI is InChI=1S/C20H20N2O5.C6H4/c1-13(23)21-17-11-22(19(17)25)18(15-7-9-16(24)10-8-15)20(26)27-12-14-5-3-2-4-6-14;1-2-5-4-6(5)3-1/h2-10,17-18,24H,11-12H2,1H3,(H,21,23);1-4H. The van der Waals surface area contributed by atoms with Gasteiger partial charge in [-0.2, -0.15) is 0 Å². The number of nitrogens with zero attached hydrogens (tertiary/aromatic N) is 1. The van der Waals surface area contributed by atoms with Crippen molar-refractivity contribution in [1.82, 2.24) is 10.2 Å². The van der Waals surface area contributed by atoms with Crippen LogP contribution in [0.25, 0.3) is 11.1 Å². The number of carbonyl (C=O) groups is 3. The van der Waals surface area contributed by atoms with Gasteiger partial charge < -0.3 is 20.1 Å². The third-order valence-corrected chi connectivity index (χ3v) is 5.42. The van der Waals surface area contributed by atoms with Crippen LogP contribution in [0.3, 0.4) is 0 Å². The quantitative estimate of drug-likeness (QED) is 0.352. The molecule has 7 nitrogen and oxygen atoms in total. The SMILES string of the molecule is CC(=O)NC1CN(C(C(=O)OCc2ccccc2)c2ccc(O)cc2)C1=O.c1cc2cc-2c1. The van der Waals surface area contributed by atoms with Gasteiger partial charge in [-0.25, -0.2) is 4.79 Å². The number of likely N-dealkylation sites (tertiary alicyclic amines) is 1. The van der Waals surface area contributed by atoms with Crippen molar-refractivity contribution in [3.8, 4) is 16.9 Å². The molecule has 0 bridgehead atoms. The molecule has 0 aromatic heterocycles. The Morgan fingerprint density at radius 3 is 2.21 bits per heavy atom. The van der Waals surface area contributed by atoms with Crippen LogP contribution >= 0.6 is 0 Å². The van der Waals surface area contributed by atoms with E-state index in [2.05, 4.69) is 29.6 Å². The molecule has 1 saturated heterocycles. The van der Waals surface area contributed by atoms with Gasteiger partial charge in [0.15, 0.2) is 6.04 Å². The molecule has 2 N–H and O–H groups in total. The van der Waals surface area contributed by atoms with E-state index in [1.54, 1.807) is 12.1 Å². The van der Waals surface area contributed by atoms with Crippen molar-refractivity contribution >= 4 is 17.8 Å². The van der Waals surface area contributed by atoms with Gasteiger partial charge in [0.25, 0.3) is 0 Å². The van der Waals surface area contributed by atoms with E-state index in [0.717, 1.165) is 5.56 Å². The summed E-state index contributed by atoms with van der Waals surface area (Å²) >= 11 is 0. The van der Waals surface area contributed by atoms with E-state index in [1.807, 2.05) is 30.3 Å². The van der Waals surface area contributed by atoms with Crippen LogP contribution in [0.5, 0.6) is 5.75 Å². The second-order valence-corrected chi connectivity index (χ2v) is 7.91. The minimum atomic E-state index is -0.938. The fourth-order valence-corrected chi connectivity index (χ4v) is 3.62. The van der Waals surface area contributed by atoms with Gasteiger partial charge in [0.2, 0.25) is 11.8 Å².